The molecule has 4 heterocycles. The van der Waals surface area contributed by atoms with Crippen LogP contribution < -0.4 is 5.32 Å². The molecule has 2 saturated heterocycles. The van der Waals surface area contributed by atoms with Crippen LogP contribution >= 0.6 is 24.8 Å². The van der Waals surface area contributed by atoms with E-state index in [-0.39, 0.29) is 30.7 Å². The van der Waals surface area contributed by atoms with Gasteiger partial charge in [0.15, 0.2) is 0 Å². The molecule has 2 aromatic heterocycles. The molecule has 0 aromatic carbocycles. The molecule has 1 N–H and O–H groups in total. The lowest BCUT2D eigenvalue weighted by molar-refractivity contribution is 0.0758. The van der Waals surface area contributed by atoms with Crippen molar-refractivity contribution in [2.75, 3.05) is 26.2 Å². The van der Waals surface area contributed by atoms with Gasteiger partial charge in [-0.1, -0.05) is 6.07 Å². The summed E-state index contributed by atoms with van der Waals surface area (Å²) in [7, 11) is 0. The number of hydrogen-bond acceptors (Lipinski definition) is 3. The minimum Gasteiger partial charge on any atom is -0.339 e. The maximum atomic E-state index is 13.2. The van der Waals surface area contributed by atoms with E-state index in [0.29, 0.717) is 0 Å². The third-order valence-electron chi connectivity index (χ3n) is 5.85. The molecular weight excluding hydrogens is 383 g/mol. The first-order valence-corrected chi connectivity index (χ1v) is 9.25. The molecule has 4 rings (SSSR count). The number of amides is 1. The van der Waals surface area contributed by atoms with E-state index >= 15 is 0 Å². The first-order chi connectivity index (χ1) is 12.1. The van der Waals surface area contributed by atoms with Gasteiger partial charge in [-0.2, -0.15) is 0 Å². The second kappa shape index (κ2) is 9.09. The van der Waals surface area contributed by atoms with Crippen LogP contribution in [0.3, 0.4) is 0 Å². The van der Waals surface area contributed by atoms with Gasteiger partial charge in [-0.25, -0.2) is 4.98 Å². The Morgan fingerprint density at radius 2 is 1.78 bits per heavy atom. The Labute approximate surface area is 173 Å². The number of nitrogens with zero attached hydrogens (tertiary/aromatic N) is 3. The first kappa shape index (κ1) is 21.7. The van der Waals surface area contributed by atoms with Crippen LogP contribution in [0.15, 0.2) is 30.5 Å². The molecular formula is C20H28Cl2N4O. The summed E-state index contributed by atoms with van der Waals surface area (Å²) in [6.45, 7) is 8.02. The molecule has 2 aliphatic heterocycles. The second-order valence-corrected chi connectivity index (χ2v) is 7.36. The van der Waals surface area contributed by atoms with Gasteiger partial charge in [0.05, 0.1) is 5.56 Å². The number of aromatic nitrogens is 2. The Morgan fingerprint density at radius 1 is 1.11 bits per heavy atom. The highest BCUT2D eigenvalue weighted by atomic mass is 35.5. The number of carbonyl (C=O) groups excluding carboxylic acids is 1. The lowest BCUT2D eigenvalue weighted by atomic mass is 9.92. The highest BCUT2D eigenvalue weighted by Gasteiger charge is 2.32. The van der Waals surface area contributed by atoms with Crippen molar-refractivity contribution in [3.05, 3.63) is 47.4 Å². The summed E-state index contributed by atoms with van der Waals surface area (Å²) in [6.07, 6.45) is 4.02. The minimum atomic E-state index is 0. The monoisotopic (exact) mass is 410 g/mol. The molecule has 27 heavy (non-hydrogen) atoms. The molecule has 148 valence electrons. The van der Waals surface area contributed by atoms with Crippen molar-refractivity contribution in [1.29, 1.82) is 0 Å². The number of fused-ring (bicyclic) bond motifs is 1. The van der Waals surface area contributed by atoms with Crippen LogP contribution in [-0.4, -0.2) is 46.5 Å². The first-order valence-electron chi connectivity index (χ1n) is 9.25. The largest absolute Gasteiger partial charge is 0.339 e. The van der Waals surface area contributed by atoms with Crippen LogP contribution in [0.25, 0.3) is 5.82 Å². The maximum Gasteiger partial charge on any atom is 0.255 e. The van der Waals surface area contributed by atoms with Gasteiger partial charge >= 0.3 is 0 Å². The number of likely N-dealkylation sites (tertiary alicyclic amines) is 1. The van der Waals surface area contributed by atoms with Gasteiger partial charge in [-0.15, -0.1) is 24.8 Å². The third kappa shape index (κ3) is 4.15. The minimum absolute atomic E-state index is 0. The quantitative estimate of drug-likeness (QED) is 0.824. The fraction of sp³-hybridized carbons (Fsp3) is 0.500. The predicted octanol–water partition coefficient (Wildman–Crippen LogP) is 3.40. The van der Waals surface area contributed by atoms with E-state index in [2.05, 4.69) is 19.8 Å². The Bertz CT molecular complexity index is 764. The Kier molecular flexibility index (Phi) is 7.32. The molecule has 0 spiro atoms. The third-order valence-corrected chi connectivity index (χ3v) is 5.85. The van der Waals surface area contributed by atoms with E-state index in [9.17, 15) is 4.79 Å². The molecule has 2 fully saturated rings. The van der Waals surface area contributed by atoms with E-state index in [1.165, 1.54) is 0 Å². The number of carbonyl (C=O) groups is 1. The lowest BCUT2D eigenvalue weighted by Gasteiger charge is -2.21. The van der Waals surface area contributed by atoms with Crippen LogP contribution in [-0.2, 0) is 0 Å². The zero-order chi connectivity index (χ0) is 17.4. The molecule has 0 unspecified atom stereocenters. The van der Waals surface area contributed by atoms with E-state index in [0.717, 1.165) is 73.6 Å². The maximum absolute atomic E-state index is 13.2. The van der Waals surface area contributed by atoms with Gasteiger partial charge < -0.3 is 14.8 Å². The van der Waals surface area contributed by atoms with Crippen molar-refractivity contribution in [2.45, 2.75) is 26.7 Å². The number of pyridine rings is 1. The van der Waals surface area contributed by atoms with Gasteiger partial charge in [-0.3, -0.25) is 4.79 Å². The van der Waals surface area contributed by atoms with Gasteiger partial charge in [-0.05, 0) is 69.8 Å². The van der Waals surface area contributed by atoms with Crippen molar-refractivity contribution in [1.82, 2.24) is 19.8 Å². The summed E-state index contributed by atoms with van der Waals surface area (Å²) in [5.74, 6) is 2.51. The van der Waals surface area contributed by atoms with E-state index in [1.807, 2.05) is 38.1 Å². The lowest BCUT2D eigenvalue weighted by Crippen LogP contribution is -2.33. The van der Waals surface area contributed by atoms with Crippen LogP contribution in [0, 0.1) is 25.7 Å². The number of halogens is 2. The average Bonchev–Trinajstić information content (AvgIpc) is 3.13. The van der Waals surface area contributed by atoms with E-state index in [1.54, 1.807) is 6.20 Å². The molecule has 1 amide bonds. The molecule has 2 atom stereocenters. The second-order valence-electron chi connectivity index (χ2n) is 7.36. The summed E-state index contributed by atoms with van der Waals surface area (Å²) in [4.78, 5) is 19.7. The van der Waals surface area contributed by atoms with E-state index in [4.69, 9.17) is 0 Å². The zero-order valence-corrected chi connectivity index (χ0v) is 17.5. The Balaban J connectivity index is 0.00000131. The molecule has 0 aliphatic carbocycles. The fourth-order valence-corrected chi connectivity index (χ4v) is 4.41. The highest BCUT2D eigenvalue weighted by Crippen LogP contribution is 2.28. The van der Waals surface area contributed by atoms with Gasteiger partial charge in [0.2, 0.25) is 0 Å². The van der Waals surface area contributed by atoms with Crippen LogP contribution in [0.1, 0.15) is 34.6 Å². The smallest absolute Gasteiger partial charge is 0.255 e. The Morgan fingerprint density at radius 3 is 2.37 bits per heavy atom. The topological polar surface area (TPSA) is 50.2 Å². The van der Waals surface area contributed by atoms with Crippen LogP contribution in [0.2, 0.25) is 0 Å². The van der Waals surface area contributed by atoms with Crippen molar-refractivity contribution in [3.8, 4) is 5.82 Å². The van der Waals surface area contributed by atoms with Gasteiger partial charge in [0.1, 0.15) is 5.82 Å². The molecule has 7 heteroatoms. The average molecular weight is 411 g/mol. The predicted molar refractivity (Wildman–Crippen MR) is 113 cm³/mol. The van der Waals surface area contributed by atoms with Crippen LogP contribution in [0.5, 0.6) is 0 Å². The molecule has 2 aromatic rings. The van der Waals surface area contributed by atoms with Crippen molar-refractivity contribution in [3.63, 3.8) is 0 Å². The SMILES string of the molecule is Cc1cc(C(=O)N2CC[C@@H]3CNC[C@@H]3CC2)c(C)n1-c1ccccn1.Cl.Cl. The summed E-state index contributed by atoms with van der Waals surface area (Å²) in [5, 5.41) is 3.49. The normalized spacial score (nSPS) is 21.6. The molecule has 0 saturated carbocycles. The van der Waals surface area contributed by atoms with Crippen molar-refractivity contribution in [2.24, 2.45) is 11.8 Å². The number of nitrogens with one attached hydrogen (secondary N) is 1. The number of aryl methyl sites for hydroxylation is 1. The number of rotatable bonds is 2. The summed E-state index contributed by atoms with van der Waals surface area (Å²) < 4.78 is 2.07. The summed E-state index contributed by atoms with van der Waals surface area (Å²) >= 11 is 0. The van der Waals surface area contributed by atoms with Gasteiger partial charge in [0.25, 0.3) is 5.91 Å². The van der Waals surface area contributed by atoms with E-state index < -0.39 is 0 Å². The number of hydrogen-bond donors (Lipinski definition) is 1. The van der Waals surface area contributed by atoms with Crippen molar-refractivity contribution < 1.29 is 4.79 Å². The zero-order valence-electron chi connectivity index (χ0n) is 15.9. The van der Waals surface area contributed by atoms with Gasteiger partial charge in [0, 0.05) is 30.7 Å². The van der Waals surface area contributed by atoms with Crippen LogP contribution in [0.4, 0.5) is 0 Å². The molecule has 2 aliphatic rings. The standard InChI is InChI=1S/C20H26N4O.2ClH/c1-14-11-18(15(2)24(14)19-5-3-4-8-22-19)20(25)23-9-6-16-12-21-13-17(16)7-10-23;;/h3-5,8,11,16-17,21H,6-7,9-10,12-13H2,1-2H3;2*1H/t16-,17+;;. The molecule has 0 radical (unpaired) electrons. The Hall–Kier alpha value is -1.56. The van der Waals surface area contributed by atoms with Crippen molar-refractivity contribution >= 4 is 30.7 Å². The summed E-state index contributed by atoms with van der Waals surface area (Å²) in [6, 6.07) is 7.88. The molecule has 0 bridgehead atoms. The molecule has 5 nitrogen and oxygen atoms in total. The highest BCUT2D eigenvalue weighted by molar-refractivity contribution is 5.96. The summed E-state index contributed by atoms with van der Waals surface area (Å²) in [5.41, 5.74) is 2.84. The fourth-order valence-electron chi connectivity index (χ4n) is 4.41.